The second-order valence-electron chi connectivity index (χ2n) is 33.9. The first-order chi connectivity index (χ1) is 65.5. The van der Waals surface area contributed by atoms with Crippen molar-refractivity contribution in [2.45, 2.75) is 114 Å². The number of hydrogen-bond acceptors (Lipinski definition) is 26. The lowest BCUT2D eigenvalue weighted by Crippen LogP contribution is -2.33. The van der Waals surface area contributed by atoms with E-state index in [2.05, 4.69) is 6.07 Å². The van der Waals surface area contributed by atoms with Crippen LogP contribution in [-0.2, 0) is 61.7 Å². The fourth-order valence-electron chi connectivity index (χ4n) is 20.7. The normalized spacial score (nSPS) is 18.5. The number of ketones is 4. The minimum Gasteiger partial charge on any atom is -0.456 e. The molecule has 4 aliphatic carbocycles. The average Bonchev–Trinajstić information content (AvgIpc) is 1.68. The maximum absolute atomic E-state index is 13.9. The first kappa shape index (κ1) is 94.0. The fourth-order valence-corrected chi connectivity index (χ4v) is 20.7. The number of Topliss-reactive ketones (excluding diaryl/α,β-unsaturated/α-hetero) is 4. The summed E-state index contributed by atoms with van der Waals surface area (Å²) in [6, 6.07) is 62.7. The van der Waals surface area contributed by atoms with Gasteiger partial charge in [-0.2, -0.15) is 5.26 Å². The average molecular weight is 1830 g/mol. The summed E-state index contributed by atoms with van der Waals surface area (Å²) in [4.78, 5) is 95.0. The molecule has 692 valence electrons. The predicted octanol–water partition coefficient (Wildman–Crippen LogP) is 12.9. The number of anilines is 5. The van der Waals surface area contributed by atoms with Gasteiger partial charge >= 0.3 is 5.97 Å². The molecule has 0 bridgehead atoms. The molecule has 5 unspecified atom stereocenters. The van der Waals surface area contributed by atoms with Crippen LogP contribution in [-0.4, -0.2) is 162 Å². The van der Waals surface area contributed by atoms with Crippen molar-refractivity contribution in [1.29, 1.82) is 5.26 Å². The number of β-amino-alcohol motifs (C(OH)–C–C–N with tert-alkyl or cyclic N) is 5. The van der Waals surface area contributed by atoms with Gasteiger partial charge in [0.2, 0.25) is 0 Å². The second-order valence-corrected chi connectivity index (χ2v) is 33.9. The van der Waals surface area contributed by atoms with Gasteiger partial charge in [0.15, 0.2) is 23.1 Å². The molecule has 10 aromatic rings. The van der Waals surface area contributed by atoms with Crippen LogP contribution in [0.4, 0.5) is 48.6 Å². The number of halogens is 2. The van der Waals surface area contributed by atoms with Crippen LogP contribution in [0, 0.1) is 43.2 Å². The van der Waals surface area contributed by atoms with Crippen molar-refractivity contribution in [2.75, 3.05) is 96.9 Å². The number of aliphatic hydroxyl groups excluding tert-OH is 10. The van der Waals surface area contributed by atoms with Crippen molar-refractivity contribution < 1.29 is 98.4 Å². The van der Waals surface area contributed by atoms with Gasteiger partial charge in [0.25, 0.3) is 11.4 Å². The molecule has 6 heterocycles. The van der Waals surface area contributed by atoms with Crippen LogP contribution in [0.3, 0.4) is 0 Å². The summed E-state index contributed by atoms with van der Waals surface area (Å²) in [6.07, 6.45) is 4.09. The van der Waals surface area contributed by atoms with Crippen molar-refractivity contribution in [3.05, 3.63) is 390 Å². The van der Waals surface area contributed by atoms with E-state index in [1.54, 1.807) is 60.7 Å². The molecular weight excluding hydrogens is 1730 g/mol. The Morgan fingerprint density at radius 3 is 0.941 bits per heavy atom. The van der Waals surface area contributed by atoms with Crippen molar-refractivity contribution in [2.24, 2.45) is 0 Å². The van der Waals surface area contributed by atoms with Gasteiger partial charge in [-0.15, -0.1) is 0 Å². The summed E-state index contributed by atoms with van der Waals surface area (Å²) in [7, 11) is 0. The van der Waals surface area contributed by atoms with Crippen LogP contribution in [0.15, 0.2) is 269 Å². The Labute approximate surface area is 775 Å². The van der Waals surface area contributed by atoms with Crippen molar-refractivity contribution >= 4 is 68.9 Å². The minimum atomic E-state index is -0.479. The molecule has 10 N–H and O–H groups in total. The molecule has 30 heteroatoms. The van der Waals surface area contributed by atoms with Gasteiger partial charge in [0, 0.05) is 186 Å². The zero-order valence-electron chi connectivity index (χ0n) is 73.5. The van der Waals surface area contributed by atoms with Gasteiger partial charge in [-0.3, -0.25) is 39.4 Å². The molecule has 0 radical (unpaired) electrons. The third-order valence-electron chi connectivity index (χ3n) is 26.3. The van der Waals surface area contributed by atoms with E-state index in [1.807, 2.05) is 128 Å². The maximum atomic E-state index is 13.9. The number of carbonyl (C=O) groups is 5. The molecule has 0 spiro atoms. The first-order valence-electron chi connectivity index (χ1n) is 44.6. The molecule has 5 atom stereocenters. The van der Waals surface area contributed by atoms with E-state index in [0.29, 0.717) is 145 Å². The maximum Gasteiger partial charge on any atom is 0.337 e. The summed E-state index contributed by atoms with van der Waals surface area (Å²) < 4.78 is 33.0. The predicted molar refractivity (Wildman–Crippen MR) is 496 cm³/mol. The molecular formula is C105H98F2N8O20. The number of hydrogen-bond donors (Lipinski definition) is 10. The molecule has 0 saturated heterocycles. The van der Waals surface area contributed by atoms with E-state index in [9.17, 15) is 109 Å². The fraction of sp³-hybridized carbons (Fsp3) is 0.276. The van der Waals surface area contributed by atoms with Crippen LogP contribution in [0.1, 0.15) is 170 Å². The highest BCUT2D eigenvalue weighted by molar-refractivity contribution is 6.06. The summed E-state index contributed by atoms with van der Waals surface area (Å²) in [5.41, 5.74) is 23.9. The molecule has 10 aliphatic rings. The number of cyclic esters (lactones) is 1. The van der Waals surface area contributed by atoms with Gasteiger partial charge < -0.3 is 80.3 Å². The number of rotatable bonds is 22. The smallest absolute Gasteiger partial charge is 0.337 e. The number of fused-ring (bicyclic) bond motifs is 5. The third kappa shape index (κ3) is 18.4. The number of benzene rings is 10. The van der Waals surface area contributed by atoms with Crippen LogP contribution in [0.25, 0.3) is 0 Å². The zero-order valence-corrected chi connectivity index (χ0v) is 73.5. The van der Waals surface area contributed by atoms with E-state index in [4.69, 9.17) is 4.74 Å². The van der Waals surface area contributed by atoms with E-state index in [-0.39, 0.29) is 131 Å². The number of carbonyl (C=O) groups excluding carboxylic acids is 5. The topological polar surface area (TPSA) is 423 Å². The number of ether oxygens (including phenoxy) is 1. The molecule has 0 saturated carbocycles. The summed E-state index contributed by atoms with van der Waals surface area (Å²) >= 11 is 0. The summed E-state index contributed by atoms with van der Waals surface area (Å²) in [5.74, 6) is -2.80. The first-order valence-corrected chi connectivity index (χ1v) is 44.6. The van der Waals surface area contributed by atoms with E-state index in [0.717, 1.165) is 112 Å². The number of allylic oxidation sites excluding steroid dienone is 8. The van der Waals surface area contributed by atoms with Crippen LogP contribution >= 0.6 is 0 Å². The Kier molecular flexibility index (Phi) is 28.6. The second kappa shape index (κ2) is 41.1. The lowest BCUT2D eigenvalue weighted by atomic mass is 9.79. The molecule has 20 rings (SSSR count). The van der Waals surface area contributed by atoms with Crippen molar-refractivity contribution in [3.8, 4) is 6.07 Å². The number of esters is 1. The molecule has 135 heavy (non-hydrogen) atoms. The summed E-state index contributed by atoms with van der Waals surface area (Å²) in [5, 5.41) is 127. The third-order valence-corrected chi connectivity index (χ3v) is 26.3. The van der Waals surface area contributed by atoms with Crippen LogP contribution < -0.4 is 24.5 Å². The van der Waals surface area contributed by atoms with Crippen LogP contribution in [0.5, 0.6) is 0 Å². The number of nitro groups is 2. The highest BCUT2D eigenvalue weighted by atomic mass is 19.1. The number of nitro benzene ring substituents is 2. The van der Waals surface area contributed by atoms with Crippen molar-refractivity contribution in [1.82, 2.24) is 0 Å². The van der Waals surface area contributed by atoms with Gasteiger partial charge in [-0.1, -0.05) is 121 Å². The van der Waals surface area contributed by atoms with Gasteiger partial charge in [-0.25, -0.2) is 13.6 Å². The van der Waals surface area contributed by atoms with Gasteiger partial charge in [-0.05, 0) is 176 Å². The van der Waals surface area contributed by atoms with Crippen LogP contribution in [0.2, 0.25) is 0 Å². The Morgan fingerprint density at radius 2 is 0.615 bits per heavy atom. The standard InChI is InChI=1S/C22H20N2O3.C21H20FNO3.2C21H20N2O5.C20H18FNO4/c23-12-14-2-1-3-16(10-14)21-17-11-15(13-26)4-5-18(17)24(8-9-25)19-6-7-20(27)22(19)21;22-15-3-1-2-14(11-15)20-16-5-4-13(12-25)10-18(16)23(8-9-24)17-6-7-19(26)21(17)20;24-9-8-22-17-5-4-13(12-25)10-16(17)20(21-18(22)6-7-19(21)26)14-2-1-3-15(11-14)23(27)28;24-9-8-22-17-6-7-19(26)21(17)20(14-2-1-3-15(11-14)23(27)28)16-5-4-13(12-25)10-18(16)22;21-14-3-1-2-13(9-14)18-15-8-12(10-24)4-5-16(15)22(6-7-23)17-11-26-20(25)19(17)18/h1-5,10-11,21,25-26H,6-9,13H2;1-5,10-11,20,24-25H,6-9,12H2;2*1-5,10-11,20,24-25H,6-9,12H2;1-5,8-9,18,23-24H,6-7,10-11H2. The number of non-ortho nitro benzene ring substituents is 2. The molecule has 6 aliphatic heterocycles. The number of nitriles is 1. The minimum absolute atomic E-state index is 0.0131. The Bertz CT molecular complexity index is 6610. The Balaban J connectivity index is 0.000000123. The van der Waals surface area contributed by atoms with E-state index < -0.39 is 33.6 Å². The molecule has 10 aromatic carbocycles. The largest absolute Gasteiger partial charge is 0.456 e. The Morgan fingerprint density at radius 1 is 0.326 bits per heavy atom. The molecule has 0 fully saturated rings. The SMILES string of the molecule is N#Cc1cccc(C2C3=C(CCC3=O)N(CCO)c3ccc(CO)cc32)c1.O=C1CCC2=C1C(c1cccc(F)c1)c1ccc(CO)cc1N2CCO.O=C1CCC2=C1C(c1cccc([N+](=O)[O-])c1)c1cc(CO)ccc1N2CCO.O=C1CCC2=C1C(c1cccc([N+](=O)[O-])c1)c1ccc(CO)cc1N2CCO.O=C1OCC2=C1C(c1cccc(F)c1)c1cc(CO)ccc1N2CCO. The summed E-state index contributed by atoms with van der Waals surface area (Å²) in [6.45, 7) is 1.09. The highest BCUT2D eigenvalue weighted by Crippen LogP contribution is 2.56. The van der Waals surface area contributed by atoms with Gasteiger partial charge in [0.1, 0.15) is 18.2 Å². The zero-order chi connectivity index (χ0) is 95.2. The lowest BCUT2D eigenvalue weighted by molar-refractivity contribution is -0.385. The number of nitrogens with zero attached hydrogens (tertiary/aromatic N) is 8. The molecule has 0 aromatic heterocycles. The Hall–Kier alpha value is -14.2. The quantitative estimate of drug-likeness (QED) is 0.0171. The highest BCUT2D eigenvalue weighted by Gasteiger charge is 2.47. The van der Waals surface area contributed by atoms with E-state index >= 15 is 0 Å². The molecule has 28 nitrogen and oxygen atoms in total. The monoisotopic (exact) mass is 1830 g/mol. The van der Waals surface area contributed by atoms with Gasteiger partial charge in [0.05, 0.1) is 98.8 Å². The molecule has 0 amide bonds. The number of aliphatic hydroxyl groups is 10. The lowest BCUT2D eigenvalue weighted by Gasteiger charge is -2.37. The van der Waals surface area contributed by atoms with Crippen molar-refractivity contribution in [3.63, 3.8) is 0 Å². The van der Waals surface area contributed by atoms with E-state index in [1.165, 1.54) is 48.5 Å².